The molecule has 3 fully saturated rings. The first kappa shape index (κ1) is 20.0. The van der Waals surface area contributed by atoms with Crippen LogP contribution in [0, 0.1) is 24.7 Å². The Hall–Kier alpha value is -0.280. The van der Waals surface area contributed by atoms with E-state index in [1.807, 2.05) is 0 Å². The summed E-state index contributed by atoms with van der Waals surface area (Å²) in [5, 5.41) is 0. The SMILES string of the molecule is Cc1ccc(C2CC3C(CCCN3C)C3CN(C)CC23)cc1.Cl.Cl. The van der Waals surface area contributed by atoms with E-state index in [2.05, 4.69) is 55.1 Å². The second-order valence-electron chi connectivity index (χ2n) is 8.16. The average molecular weight is 371 g/mol. The fourth-order valence-electron chi connectivity index (χ4n) is 5.69. The number of fused-ring (bicyclic) bond motifs is 3. The van der Waals surface area contributed by atoms with E-state index in [1.165, 1.54) is 44.5 Å². The molecule has 2 heterocycles. The molecule has 0 bridgehead atoms. The van der Waals surface area contributed by atoms with Crippen molar-refractivity contribution >= 4 is 24.8 Å². The molecule has 0 N–H and O–H groups in total. The largest absolute Gasteiger partial charge is 0.306 e. The standard InChI is InChI=1S/C20H30N2.2ClH/c1-14-6-8-15(9-7-14)17-11-20-16(5-4-10-22(20)3)18-12-21(2)13-19(17)18;;/h6-9,16-20H,4-5,10-13H2,1-3H3;2*1H. The summed E-state index contributed by atoms with van der Waals surface area (Å²) in [5.41, 5.74) is 2.97. The summed E-state index contributed by atoms with van der Waals surface area (Å²) in [6.45, 7) is 6.12. The first-order valence-corrected chi connectivity index (χ1v) is 9.09. The molecule has 1 aromatic carbocycles. The van der Waals surface area contributed by atoms with Gasteiger partial charge in [0.25, 0.3) is 0 Å². The van der Waals surface area contributed by atoms with Gasteiger partial charge in [0.05, 0.1) is 0 Å². The number of aryl methyl sites for hydroxylation is 1. The van der Waals surface area contributed by atoms with Crippen LogP contribution in [0.3, 0.4) is 0 Å². The number of hydrogen-bond donors (Lipinski definition) is 0. The van der Waals surface area contributed by atoms with E-state index in [-0.39, 0.29) is 24.8 Å². The van der Waals surface area contributed by atoms with Crippen LogP contribution in [0.4, 0.5) is 0 Å². The summed E-state index contributed by atoms with van der Waals surface area (Å²) < 4.78 is 0. The lowest BCUT2D eigenvalue weighted by Gasteiger charge is -2.50. The van der Waals surface area contributed by atoms with Gasteiger partial charge in [-0.05, 0) is 76.1 Å². The second kappa shape index (κ2) is 7.95. The zero-order valence-corrected chi connectivity index (χ0v) is 16.8. The number of hydrogen-bond acceptors (Lipinski definition) is 2. The molecule has 2 aliphatic heterocycles. The Morgan fingerprint density at radius 2 is 1.58 bits per heavy atom. The van der Waals surface area contributed by atoms with Gasteiger partial charge in [-0.1, -0.05) is 29.8 Å². The predicted molar refractivity (Wildman–Crippen MR) is 107 cm³/mol. The molecule has 0 radical (unpaired) electrons. The predicted octanol–water partition coefficient (Wildman–Crippen LogP) is 4.21. The van der Waals surface area contributed by atoms with Crippen molar-refractivity contribution < 1.29 is 0 Å². The molecule has 136 valence electrons. The van der Waals surface area contributed by atoms with Crippen LogP contribution >= 0.6 is 24.8 Å². The number of piperidine rings is 1. The number of benzene rings is 1. The van der Waals surface area contributed by atoms with E-state index in [0.717, 1.165) is 29.7 Å². The van der Waals surface area contributed by atoms with E-state index in [9.17, 15) is 0 Å². The maximum Gasteiger partial charge on any atom is 0.0130 e. The highest BCUT2D eigenvalue weighted by molar-refractivity contribution is 5.85. The molecule has 3 aliphatic rings. The molecule has 1 aliphatic carbocycles. The fourth-order valence-corrected chi connectivity index (χ4v) is 5.69. The van der Waals surface area contributed by atoms with Crippen LogP contribution < -0.4 is 0 Å². The van der Waals surface area contributed by atoms with Crippen molar-refractivity contribution in [3.05, 3.63) is 35.4 Å². The van der Waals surface area contributed by atoms with Crippen molar-refractivity contribution in [3.63, 3.8) is 0 Å². The Bertz CT molecular complexity index is 533. The van der Waals surface area contributed by atoms with Crippen LogP contribution in [0.2, 0.25) is 0 Å². The van der Waals surface area contributed by atoms with E-state index in [1.54, 1.807) is 5.56 Å². The van der Waals surface area contributed by atoms with Crippen LogP contribution in [0.5, 0.6) is 0 Å². The van der Waals surface area contributed by atoms with E-state index in [4.69, 9.17) is 0 Å². The molecule has 5 atom stereocenters. The third kappa shape index (κ3) is 3.49. The first-order chi connectivity index (χ1) is 10.6. The van der Waals surface area contributed by atoms with E-state index < -0.39 is 0 Å². The highest BCUT2D eigenvalue weighted by Gasteiger charge is 2.50. The third-order valence-electron chi connectivity index (χ3n) is 6.77. The Morgan fingerprint density at radius 1 is 0.917 bits per heavy atom. The minimum absolute atomic E-state index is 0. The van der Waals surface area contributed by atoms with Crippen LogP contribution in [0.1, 0.15) is 36.3 Å². The molecule has 2 nitrogen and oxygen atoms in total. The number of halogens is 2. The topological polar surface area (TPSA) is 6.48 Å². The van der Waals surface area contributed by atoms with Gasteiger partial charge in [-0.25, -0.2) is 0 Å². The van der Waals surface area contributed by atoms with Crippen molar-refractivity contribution in [2.45, 2.75) is 38.1 Å². The zero-order chi connectivity index (χ0) is 15.3. The monoisotopic (exact) mass is 370 g/mol. The van der Waals surface area contributed by atoms with Crippen LogP contribution in [-0.4, -0.2) is 49.6 Å². The van der Waals surface area contributed by atoms with E-state index >= 15 is 0 Å². The molecule has 4 rings (SSSR count). The summed E-state index contributed by atoms with van der Waals surface area (Å²) in [4.78, 5) is 5.26. The fraction of sp³-hybridized carbons (Fsp3) is 0.700. The van der Waals surface area contributed by atoms with Gasteiger partial charge in [-0.3, -0.25) is 0 Å². The van der Waals surface area contributed by atoms with Gasteiger partial charge < -0.3 is 9.80 Å². The molecule has 1 aromatic rings. The second-order valence-corrected chi connectivity index (χ2v) is 8.16. The number of rotatable bonds is 1. The van der Waals surface area contributed by atoms with Gasteiger partial charge >= 0.3 is 0 Å². The van der Waals surface area contributed by atoms with Crippen molar-refractivity contribution in [3.8, 4) is 0 Å². The van der Waals surface area contributed by atoms with Crippen LogP contribution in [-0.2, 0) is 0 Å². The summed E-state index contributed by atoms with van der Waals surface area (Å²) in [6.07, 6.45) is 4.24. The summed E-state index contributed by atoms with van der Waals surface area (Å²) in [5.74, 6) is 3.49. The summed E-state index contributed by atoms with van der Waals surface area (Å²) >= 11 is 0. The smallest absolute Gasteiger partial charge is 0.0130 e. The third-order valence-corrected chi connectivity index (χ3v) is 6.77. The molecule has 1 saturated carbocycles. The van der Waals surface area contributed by atoms with Crippen molar-refractivity contribution in [1.29, 1.82) is 0 Å². The highest BCUT2D eigenvalue weighted by Crippen LogP contribution is 2.51. The summed E-state index contributed by atoms with van der Waals surface area (Å²) in [7, 11) is 4.69. The van der Waals surface area contributed by atoms with Gasteiger partial charge in [0.1, 0.15) is 0 Å². The highest BCUT2D eigenvalue weighted by atomic mass is 35.5. The zero-order valence-electron chi connectivity index (χ0n) is 15.1. The van der Waals surface area contributed by atoms with Gasteiger partial charge in [-0.2, -0.15) is 0 Å². The Balaban J connectivity index is 0.00000104. The quantitative estimate of drug-likeness (QED) is 0.730. The minimum Gasteiger partial charge on any atom is -0.306 e. The maximum absolute atomic E-state index is 2.67. The lowest BCUT2D eigenvalue weighted by molar-refractivity contribution is 0.0181. The van der Waals surface area contributed by atoms with Crippen LogP contribution in [0.25, 0.3) is 0 Å². The molecular weight excluding hydrogens is 339 g/mol. The van der Waals surface area contributed by atoms with Crippen molar-refractivity contribution in [2.24, 2.45) is 17.8 Å². The molecule has 2 saturated heterocycles. The van der Waals surface area contributed by atoms with Crippen LogP contribution in [0.15, 0.2) is 24.3 Å². The lowest BCUT2D eigenvalue weighted by atomic mass is 9.61. The van der Waals surface area contributed by atoms with Gasteiger partial charge in [0, 0.05) is 19.1 Å². The molecule has 0 aromatic heterocycles. The number of nitrogens with zero attached hydrogens (tertiary/aromatic N) is 2. The molecule has 5 unspecified atom stereocenters. The van der Waals surface area contributed by atoms with Gasteiger partial charge in [-0.15, -0.1) is 24.8 Å². The lowest BCUT2D eigenvalue weighted by Crippen LogP contribution is -2.52. The Morgan fingerprint density at radius 3 is 2.29 bits per heavy atom. The minimum atomic E-state index is 0. The maximum atomic E-state index is 2.67. The molecular formula is C20H32Cl2N2. The van der Waals surface area contributed by atoms with Gasteiger partial charge in [0.15, 0.2) is 0 Å². The van der Waals surface area contributed by atoms with E-state index in [0.29, 0.717) is 0 Å². The summed E-state index contributed by atoms with van der Waals surface area (Å²) in [6, 6.07) is 10.2. The molecule has 0 spiro atoms. The first-order valence-electron chi connectivity index (χ1n) is 9.09. The molecule has 0 amide bonds. The average Bonchev–Trinajstić information content (AvgIpc) is 2.90. The number of likely N-dealkylation sites (tertiary alicyclic amines) is 2. The van der Waals surface area contributed by atoms with Gasteiger partial charge in [0.2, 0.25) is 0 Å². The molecule has 4 heteroatoms. The Kier molecular flexibility index (Phi) is 6.64. The van der Waals surface area contributed by atoms with Crippen molar-refractivity contribution in [1.82, 2.24) is 9.80 Å². The van der Waals surface area contributed by atoms with Crippen molar-refractivity contribution in [2.75, 3.05) is 33.7 Å². The Labute approximate surface area is 159 Å². The molecule has 24 heavy (non-hydrogen) atoms. The normalized spacial score (nSPS) is 36.2.